The largest absolute Gasteiger partial charge is 0.488 e. The molecule has 0 radical (unpaired) electrons. The number of hydrogen-bond donors (Lipinski definition) is 2. The van der Waals surface area contributed by atoms with Crippen LogP contribution in [0.1, 0.15) is 11.1 Å². The molecule has 0 aliphatic carbocycles. The molecule has 0 fully saturated rings. The smallest absolute Gasteiger partial charge is 0.271 e. The number of benzene rings is 4. The summed E-state index contributed by atoms with van der Waals surface area (Å²) in [4.78, 5) is 10.4. The van der Waals surface area contributed by atoms with Crippen LogP contribution in [-0.4, -0.2) is 18.0 Å². The molecule has 188 valence electrons. The normalized spacial score (nSPS) is 10.6. The van der Waals surface area contributed by atoms with Crippen LogP contribution < -0.4 is 15.4 Å². The van der Waals surface area contributed by atoms with E-state index in [4.69, 9.17) is 39.5 Å². The lowest BCUT2D eigenvalue weighted by Gasteiger charge is -2.16. The Balaban J connectivity index is 0.00000361. The Bertz CT molecular complexity index is 1370. The zero-order valence-corrected chi connectivity index (χ0v) is 22.1. The summed E-state index contributed by atoms with van der Waals surface area (Å²) in [5.41, 5.74) is 2.50. The number of rotatable bonds is 10. The molecule has 6 nitrogen and oxygen atoms in total. The quantitative estimate of drug-likeness (QED) is 0.116. The SMILES string of the molecule is Cl.O=[N+]([O-])c1ccc(NCCNCc2c(OCc3ccc(Cl)cc3Cl)ccc3ccccc23)c(Cl)c1. The van der Waals surface area contributed by atoms with E-state index in [1.165, 1.54) is 12.1 Å². The molecule has 4 aromatic carbocycles. The summed E-state index contributed by atoms with van der Waals surface area (Å²) in [6.07, 6.45) is 0. The minimum absolute atomic E-state index is 0. The highest BCUT2D eigenvalue weighted by molar-refractivity contribution is 6.35. The van der Waals surface area contributed by atoms with Gasteiger partial charge >= 0.3 is 0 Å². The van der Waals surface area contributed by atoms with Gasteiger partial charge in [-0.1, -0.05) is 71.2 Å². The van der Waals surface area contributed by atoms with Crippen LogP contribution in [0, 0.1) is 10.1 Å². The second-order valence-corrected chi connectivity index (χ2v) is 9.06. The highest BCUT2D eigenvalue weighted by Crippen LogP contribution is 2.30. The van der Waals surface area contributed by atoms with Crippen molar-refractivity contribution in [3.8, 4) is 5.75 Å². The van der Waals surface area contributed by atoms with Crippen LogP contribution in [0.25, 0.3) is 10.8 Å². The molecule has 0 unspecified atom stereocenters. The van der Waals surface area contributed by atoms with Crippen molar-refractivity contribution >= 4 is 69.4 Å². The van der Waals surface area contributed by atoms with Crippen LogP contribution in [0.4, 0.5) is 11.4 Å². The van der Waals surface area contributed by atoms with Gasteiger partial charge in [-0.05, 0) is 35.0 Å². The molecule has 0 aliphatic heterocycles. The Morgan fingerprint density at radius 2 is 1.69 bits per heavy atom. The summed E-state index contributed by atoms with van der Waals surface area (Å²) < 4.78 is 6.17. The van der Waals surface area contributed by atoms with E-state index in [9.17, 15) is 10.1 Å². The molecule has 0 amide bonds. The second kappa shape index (κ2) is 13.0. The van der Waals surface area contributed by atoms with Gasteiger partial charge in [0.15, 0.2) is 0 Å². The number of nitrogens with one attached hydrogen (secondary N) is 2. The lowest BCUT2D eigenvalue weighted by atomic mass is 10.0. The van der Waals surface area contributed by atoms with E-state index in [0.29, 0.717) is 47.0 Å². The maximum Gasteiger partial charge on any atom is 0.271 e. The third-order valence-electron chi connectivity index (χ3n) is 5.48. The molecule has 2 N–H and O–H groups in total. The van der Waals surface area contributed by atoms with E-state index in [-0.39, 0.29) is 18.1 Å². The fraction of sp³-hybridized carbons (Fsp3) is 0.154. The van der Waals surface area contributed by atoms with Crippen molar-refractivity contribution < 1.29 is 9.66 Å². The molecule has 0 bridgehead atoms. The molecule has 0 saturated carbocycles. The standard InChI is InChI=1S/C26H22Cl3N3O3.ClH/c27-19-7-5-18(23(28)13-19)16-35-26-10-6-17-3-1-2-4-21(17)22(26)15-30-11-12-31-25-9-8-20(32(33)34)14-24(25)29;/h1-10,13-14,30-31H,11-12,15-16H2;1H. The van der Waals surface area contributed by atoms with Crippen molar-refractivity contribution in [3.05, 3.63) is 109 Å². The van der Waals surface area contributed by atoms with Crippen molar-refractivity contribution in [1.29, 1.82) is 0 Å². The van der Waals surface area contributed by atoms with Gasteiger partial charge in [-0.25, -0.2) is 0 Å². The number of anilines is 1. The summed E-state index contributed by atoms with van der Waals surface area (Å²) in [6.45, 7) is 2.13. The number of non-ortho nitro benzene ring substituents is 1. The predicted molar refractivity (Wildman–Crippen MR) is 150 cm³/mol. The van der Waals surface area contributed by atoms with Crippen molar-refractivity contribution in [2.75, 3.05) is 18.4 Å². The molecular weight excluding hydrogens is 544 g/mol. The average molecular weight is 567 g/mol. The van der Waals surface area contributed by atoms with Gasteiger partial charge < -0.3 is 15.4 Å². The van der Waals surface area contributed by atoms with E-state index in [1.807, 2.05) is 30.3 Å². The van der Waals surface area contributed by atoms with Gasteiger partial charge in [0.25, 0.3) is 5.69 Å². The van der Waals surface area contributed by atoms with Crippen LogP contribution in [0.3, 0.4) is 0 Å². The number of fused-ring (bicyclic) bond motifs is 1. The van der Waals surface area contributed by atoms with E-state index >= 15 is 0 Å². The van der Waals surface area contributed by atoms with Crippen LogP contribution in [0.5, 0.6) is 5.75 Å². The molecule has 0 spiro atoms. The highest BCUT2D eigenvalue weighted by atomic mass is 35.5. The molecule has 4 aromatic rings. The summed E-state index contributed by atoms with van der Waals surface area (Å²) in [6, 6.07) is 21.9. The summed E-state index contributed by atoms with van der Waals surface area (Å²) in [5, 5.41) is 21.2. The van der Waals surface area contributed by atoms with Gasteiger partial charge in [0.2, 0.25) is 0 Å². The first kappa shape index (κ1) is 27.8. The molecule has 0 saturated heterocycles. The highest BCUT2D eigenvalue weighted by Gasteiger charge is 2.11. The molecule has 36 heavy (non-hydrogen) atoms. The van der Waals surface area contributed by atoms with Crippen molar-refractivity contribution in [3.63, 3.8) is 0 Å². The van der Waals surface area contributed by atoms with Gasteiger partial charge in [-0.3, -0.25) is 10.1 Å². The first-order valence-corrected chi connectivity index (χ1v) is 12.0. The monoisotopic (exact) mass is 565 g/mol. The van der Waals surface area contributed by atoms with Gasteiger partial charge in [-0.2, -0.15) is 0 Å². The molecule has 0 aliphatic rings. The fourth-order valence-electron chi connectivity index (χ4n) is 3.69. The first-order valence-electron chi connectivity index (χ1n) is 10.9. The predicted octanol–water partition coefficient (Wildman–Crippen LogP) is 7.91. The van der Waals surface area contributed by atoms with Crippen molar-refractivity contribution in [2.24, 2.45) is 0 Å². The number of halogens is 4. The molecule has 0 atom stereocenters. The van der Waals surface area contributed by atoms with E-state index in [1.54, 1.807) is 18.2 Å². The number of nitro benzene ring substituents is 1. The third-order valence-corrected chi connectivity index (χ3v) is 6.38. The fourth-order valence-corrected chi connectivity index (χ4v) is 4.39. The first-order chi connectivity index (χ1) is 16.9. The van der Waals surface area contributed by atoms with E-state index < -0.39 is 4.92 Å². The Morgan fingerprint density at radius 3 is 2.44 bits per heavy atom. The summed E-state index contributed by atoms with van der Waals surface area (Å²) in [5.74, 6) is 0.772. The molecule has 0 aromatic heterocycles. The van der Waals surface area contributed by atoms with Gasteiger partial charge in [0, 0.05) is 52.9 Å². The zero-order valence-electron chi connectivity index (χ0n) is 19.0. The van der Waals surface area contributed by atoms with Crippen LogP contribution in [-0.2, 0) is 13.2 Å². The lowest BCUT2D eigenvalue weighted by Crippen LogP contribution is -2.22. The van der Waals surface area contributed by atoms with Gasteiger partial charge in [0.1, 0.15) is 12.4 Å². The molecular formula is C26H23Cl4N3O3. The third kappa shape index (κ3) is 6.93. The van der Waals surface area contributed by atoms with Crippen LogP contribution >= 0.6 is 47.2 Å². The topological polar surface area (TPSA) is 76.4 Å². The van der Waals surface area contributed by atoms with E-state index in [0.717, 1.165) is 27.6 Å². The Kier molecular flexibility index (Phi) is 10.0. The maximum atomic E-state index is 10.9. The minimum Gasteiger partial charge on any atom is -0.488 e. The number of hydrogen-bond acceptors (Lipinski definition) is 5. The summed E-state index contributed by atoms with van der Waals surface area (Å²) >= 11 is 18.5. The van der Waals surface area contributed by atoms with Crippen LogP contribution in [0.15, 0.2) is 72.8 Å². The Labute approximate surface area is 230 Å². The number of nitro groups is 1. The number of ether oxygens (including phenoxy) is 1. The van der Waals surface area contributed by atoms with E-state index in [2.05, 4.69) is 22.8 Å². The average Bonchev–Trinajstić information content (AvgIpc) is 2.84. The van der Waals surface area contributed by atoms with Crippen molar-refractivity contribution in [1.82, 2.24) is 5.32 Å². The molecule has 4 rings (SSSR count). The Hall–Kier alpha value is -2.74. The second-order valence-electron chi connectivity index (χ2n) is 7.81. The maximum absolute atomic E-state index is 10.9. The van der Waals surface area contributed by atoms with Gasteiger partial charge in [-0.15, -0.1) is 12.4 Å². The minimum atomic E-state index is -0.470. The Morgan fingerprint density at radius 1 is 0.889 bits per heavy atom. The van der Waals surface area contributed by atoms with Crippen molar-refractivity contribution in [2.45, 2.75) is 13.2 Å². The van der Waals surface area contributed by atoms with Crippen LogP contribution in [0.2, 0.25) is 15.1 Å². The molecule has 0 heterocycles. The number of nitrogens with zero attached hydrogens (tertiary/aromatic N) is 1. The lowest BCUT2D eigenvalue weighted by molar-refractivity contribution is -0.384. The van der Waals surface area contributed by atoms with Gasteiger partial charge in [0.05, 0.1) is 15.6 Å². The summed E-state index contributed by atoms with van der Waals surface area (Å²) in [7, 11) is 0. The zero-order chi connectivity index (χ0) is 24.8. The molecule has 10 heteroatoms.